The van der Waals surface area contributed by atoms with Crippen LogP contribution in [0.15, 0.2) is 21.9 Å². The minimum Gasteiger partial charge on any atom is -0.388 e. The van der Waals surface area contributed by atoms with Gasteiger partial charge in [-0.2, -0.15) is 8.62 Å². The first-order chi connectivity index (χ1) is 15.5. The van der Waals surface area contributed by atoms with E-state index < -0.39 is 71.7 Å². The molecule has 0 spiro atoms. The average Bonchev–Trinajstić information content (AvgIpc) is 2.93. The van der Waals surface area contributed by atoms with Gasteiger partial charge in [0.2, 0.25) is 5.91 Å². The summed E-state index contributed by atoms with van der Waals surface area (Å²) in [6.45, 7) is -1.11. The highest BCUT2D eigenvalue weighted by atomic mass is 31.3. The van der Waals surface area contributed by atoms with Crippen molar-refractivity contribution >= 4 is 29.4 Å². The molecule has 22 heteroatoms. The highest BCUT2D eigenvalue weighted by Gasteiger charge is 2.48. The number of rotatable bonds is 11. The van der Waals surface area contributed by atoms with Gasteiger partial charge in [0.25, 0.3) is 5.56 Å². The van der Waals surface area contributed by atoms with E-state index in [0.29, 0.717) is 0 Å². The molecular formula is C12H21N4O15P3. The number of phosphoric ester groups is 1. The number of hydrogen-bond donors (Lipinski definition) is 8. The Labute approximate surface area is 188 Å². The van der Waals surface area contributed by atoms with Gasteiger partial charge in [0, 0.05) is 25.2 Å². The van der Waals surface area contributed by atoms with E-state index in [0.717, 1.165) is 16.8 Å². The van der Waals surface area contributed by atoms with Crippen molar-refractivity contribution in [3.8, 4) is 0 Å². The highest BCUT2D eigenvalue weighted by Crippen LogP contribution is 2.66. The summed E-state index contributed by atoms with van der Waals surface area (Å²) in [7, 11) is -16.9. The van der Waals surface area contributed by atoms with Crippen LogP contribution in [0.4, 0.5) is 0 Å². The maximum Gasteiger partial charge on any atom is 0.490 e. The molecule has 0 aliphatic carbocycles. The summed E-state index contributed by atoms with van der Waals surface area (Å²) in [6, 6.07) is -0.424. The Morgan fingerprint density at radius 1 is 1.18 bits per heavy atom. The largest absolute Gasteiger partial charge is 0.490 e. The van der Waals surface area contributed by atoms with E-state index in [4.69, 9.17) is 25.2 Å². The van der Waals surface area contributed by atoms with Gasteiger partial charge in [0.05, 0.1) is 6.61 Å². The van der Waals surface area contributed by atoms with Gasteiger partial charge in [0.15, 0.2) is 6.23 Å². The summed E-state index contributed by atoms with van der Waals surface area (Å²) in [4.78, 5) is 73.1. The number of hydrogen-bond acceptors (Lipinski definition) is 12. The number of aromatic amines is 1. The molecule has 0 aromatic carbocycles. The first-order valence-corrected chi connectivity index (χ1v) is 13.5. The molecule has 0 bridgehead atoms. The highest BCUT2D eigenvalue weighted by molar-refractivity contribution is 7.66. The van der Waals surface area contributed by atoms with Gasteiger partial charge in [-0.25, -0.2) is 18.5 Å². The van der Waals surface area contributed by atoms with Crippen molar-refractivity contribution in [3.05, 3.63) is 33.1 Å². The Morgan fingerprint density at radius 3 is 2.38 bits per heavy atom. The van der Waals surface area contributed by atoms with E-state index in [1.54, 1.807) is 0 Å². The average molecular weight is 554 g/mol. The van der Waals surface area contributed by atoms with E-state index in [9.17, 15) is 38.1 Å². The van der Waals surface area contributed by atoms with E-state index in [2.05, 4.69) is 18.5 Å². The minimum atomic E-state index is -5.77. The van der Waals surface area contributed by atoms with Gasteiger partial charge < -0.3 is 40.5 Å². The Morgan fingerprint density at radius 2 is 1.82 bits per heavy atom. The predicted molar refractivity (Wildman–Crippen MR) is 107 cm³/mol. The fourth-order valence-electron chi connectivity index (χ4n) is 2.77. The van der Waals surface area contributed by atoms with Crippen LogP contribution in [0.5, 0.6) is 0 Å². The van der Waals surface area contributed by atoms with Crippen molar-refractivity contribution in [1.82, 2.24) is 14.9 Å². The van der Waals surface area contributed by atoms with Crippen LogP contribution in [-0.2, 0) is 36.4 Å². The summed E-state index contributed by atoms with van der Waals surface area (Å²) in [5, 5.41) is 12.9. The fourth-order valence-corrected chi connectivity index (χ4v) is 5.79. The molecule has 9 N–H and O–H groups in total. The smallest absolute Gasteiger partial charge is 0.388 e. The van der Waals surface area contributed by atoms with Crippen LogP contribution >= 0.6 is 23.5 Å². The summed E-state index contributed by atoms with van der Waals surface area (Å²) >= 11 is 0. The molecule has 6 atom stereocenters. The minimum absolute atomic E-state index is 0.0613. The number of aliphatic hydroxyl groups is 1. The number of nitrogens with zero attached hydrogens (tertiary/aromatic N) is 1. The lowest BCUT2D eigenvalue weighted by Crippen LogP contribution is -2.48. The third kappa shape index (κ3) is 8.28. The Bertz CT molecular complexity index is 1150. The van der Waals surface area contributed by atoms with E-state index >= 15 is 0 Å². The number of nitrogens with one attached hydrogen (secondary N) is 2. The number of phosphoric acid groups is 3. The lowest BCUT2D eigenvalue weighted by Gasteiger charge is -2.22. The van der Waals surface area contributed by atoms with Gasteiger partial charge in [-0.1, -0.05) is 0 Å². The maximum absolute atomic E-state index is 12.1. The summed E-state index contributed by atoms with van der Waals surface area (Å²) in [5.41, 5.74) is 3.55. The van der Waals surface area contributed by atoms with Crippen molar-refractivity contribution in [1.29, 1.82) is 0 Å². The monoisotopic (exact) mass is 554 g/mol. The van der Waals surface area contributed by atoms with Crippen LogP contribution in [-0.4, -0.2) is 71.5 Å². The van der Waals surface area contributed by atoms with Crippen molar-refractivity contribution in [2.45, 2.75) is 30.9 Å². The Balaban J connectivity index is 2.20. The molecule has 194 valence electrons. The van der Waals surface area contributed by atoms with Crippen molar-refractivity contribution in [2.24, 2.45) is 5.73 Å². The van der Waals surface area contributed by atoms with E-state index in [1.165, 1.54) is 0 Å². The molecule has 19 nitrogen and oxygen atoms in total. The molecule has 1 aliphatic heterocycles. The second-order valence-corrected chi connectivity index (χ2v) is 11.0. The van der Waals surface area contributed by atoms with Crippen LogP contribution in [0.25, 0.3) is 0 Å². The van der Waals surface area contributed by atoms with Crippen LogP contribution in [0, 0.1) is 0 Å². The summed E-state index contributed by atoms with van der Waals surface area (Å²) in [5.74, 6) is -0.661. The third-order valence-corrected chi connectivity index (χ3v) is 7.82. The maximum atomic E-state index is 12.1. The van der Waals surface area contributed by atoms with Crippen molar-refractivity contribution in [2.75, 3.05) is 13.2 Å². The van der Waals surface area contributed by atoms with Gasteiger partial charge in [-0.15, -0.1) is 0 Å². The molecule has 0 radical (unpaired) electrons. The molecule has 1 saturated heterocycles. The number of ether oxygens (including phenoxy) is 1. The fraction of sp³-hybridized carbons (Fsp3) is 0.583. The number of carbonyl (C=O) groups excluding carboxylic acids is 1. The van der Waals surface area contributed by atoms with Crippen LogP contribution in [0.3, 0.4) is 0 Å². The second kappa shape index (κ2) is 11.0. The van der Waals surface area contributed by atoms with Crippen LogP contribution < -0.4 is 22.3 Å². The lowest BCUT2D eigenvalue weighted by molar-refractivity contribution is -0.123. The summed E-state index contributed by atoms with van der Waals surface area (Å²) in [6.07, 6.45) is -3.93. The summed E-state index contributed by atoms with van der Waals surface area (Å²) < 4.78 is 51.7. The lowest BCUT2D eigenvalue weighted by atomic mass is 10.1. The van der Waals surface area contributed by atoms with Crippen LogP contribution in [0.1, 0.15) is 12.6 Å². The van der Waals surface area contributed by atoms with Gasteiger partial charge in [-0.3, -0.25) is 23.7 Å². The number of H-pyrrole nitrogens is 1. The van der Waals surface area contributed by atoms with Gasteiger partial charge in [-0.05, 0) is 0 Å². The predicted octanol–water partition coefficient (Wildman–Crippen LogP) is -3.03. The number of amides is 1. The molecular weight excluding hydrogens is 533 g/mol. The standard InChI is InChI=1S/C12H21N4O15P3/c13-3-1-7(17)14-9-10(19)6(29-11(9)16-4-2-8(18)15-12(16)20)5-28-33(24,25)31-34(26,27)30-32(21,22)23/h2,4,6,9-11,19H,1,3,5,13H2,(H,14,17)(H,24,25)(H,26,27)(H,15,18,20)(H2,21,22,23)/t6-,9-,10-,11-/m1/s1. The quantitative estimate of drug-likeness (QED) is 0.126. The molecule has 1 aliphatic rings. The Kier molecular flexibility index (Phi) is 9.29. The molecule has 0 saturated carbocycles. The second-order valence-electron chi connectivity index (χ2n) is 6.59. The number of aliphatic hydroxyl groups excluding tert-OH is 1. The molecule has 1 aromatic heterocycles. The van der Waals surface area contributed by atoms with Crippen molar-refractivity contribution < 1.29 is 61.1 Å². The number of aromatic nitrogens is 2. The molecule has 2 heterocycles. The molecule has 2 unspecified atom stereocenters. The first-order valence-electron chi connectivity index (χ1n) is 8.96. The molecule has 2 rings (SSSR count). The van der Waals surface area contributed by atoms with Gasteiger partial charge in [0.1, 0.15) is 18.2 Å². The SMILES string of the molecule is NCCC(=O)N[C@@H]1[C@H](O)[C@@H](COP(=O)(O)OP(=O)(O)OP(=O)(O)O)O[C@H]1n1ccc(=O)[nH]c1=O. The zero-order valence-corrected chi connectivity index (χ0v) is 19.5. The topological polar surface area (TPSA) is 299 Å². The molecule has 34 heavy (non-hydrogen) atoms. The first kappa shape index (κ1) is 28.7. The van der Waals surface area contributed by atoms with E-state index in [1.807, 2.05) is 4.98 Å². The third-order valence-electron chi connectivity index (χ3n) is 4.01. The Hall–Kier alpha value is -1.56. The zero-order valence-electron chi connectivity index (χ0n) is 16.8. The zero-order chi connectivity index (χ0) is 25.9. The number of carbonyl (C=O) groups is 1. The number of nitrogens with two attached hydrogens (primary N) is 1. The normalized spacial score (nSPS) is 26.5. The molecule has 1 fully saturated rings. The molecule has 1 amide bonds. The van der Waals surface area contributed by atoms with E-state index in [-0.39, 0.29) is 13.0 Å². The molecule has 1 aromatic rings. The van der Waals surface area contributed by atoms with Gasteiger partial charge >= 0.3 is 29.2 Å². The van der Waals surface area contributed by atoms with Crippen LogP contribution in [0.2, 0.25) is 0 Å². The van der Waals surface area contributed by atoms with Crippen molar-refractivity contribution in [3.63, 3.8) is 0 Å².